The van der Waals surface area contributed by atoms with Crippen LogP contribution in [0, 0.1) is 11.3 Å². The molecular formula is C15H23N3O2. The lowest BCUT2D eigenvalue weighted by Gasteiger charge is -2.28. The number of carbonyl (C=O) groups excluding carboxylic acids is 1. The van der Waals surface area contributed by atoms with Gasteiger partial charge in [0.25, 0.3) is 0 Å². The van der Waals surface area contributed by atoms with Crippen molar-refractivity contribution in [2.45, 2.75) is 52.4 Å². The fourth-order valence-corrected chi connectivity index (χ4v) is 2.79. The largest absolute Gasteiger partial charge is 0.334 e. The van der Waals surface area contributed by atoms with E-state index in [0.29, 0.717) is 17.2 Å². The molecule has 2 fully saturated rings. The number of hydrogen-bond donors (Lipinski definition) is 0. The molecule has 20 heavy (non-hydrogen) atoms. The first-order valence-corrected chi connectivity index (χ1v) is 7.62. The minimum absolute atomic E-state index is 0.108. The Labute approximate surface area is 119 Å². The number of amides is 1. The van der Waals surface area contributed by atoms with Crippen molar-refractivity contribution >= 4 is 5.91 Å². The lowest BCUT2D eigenvalue weighted by molar-refractivity contribution is 0.0647. The van der Waals surface area contributed by atoms with Crippen LogP contribution < -0.4 is 0 Å². The van der Waals surface area contributed by atoms with Crippen molar-refractivity contribution < 1.29 is 9.32 Å². The summed E-state index contributed by atoms with van der Waals surface area (Å²) in [5.41, 5.74) is 0.296. The highest BCUT2D eigenvalue weighted by Crippen LogP contribution is 2.54. The molecule has 110 valence electrons. The first kappa shape index (κ1) is 13.6. The highest BCUT2D eigenvalue weighted by atomic mass is 16.5. The van der Waals surface area contributed by atoms with E-state index >= 15 is 0 Å². The maximum atomic E-state index is 12.3. The van der Waals surface area contributed by atoms with Crippen molar-refractivity contribution in [1.29, 1.82) is 0 Å². The Bertz CT molecular complexity index is 499. The fraction of sp³-hybridized carbons (Fsp3) is 0.800. The predicted octanol–water partition coefficient (Wildman–Crippen LogP) is 2.85. The minimum atomic E-state index is -0.108. The van der Waals surface area contributed by atoms with Crippen LogP contribution in [0.1, 0.15) is 68.9 Å². The average molecular weight is 277 g/mol. The zero-order valence-corrected chi connectivity index (χ0v) is 12.6. The van der Waals surface area contributed by atoms with Crippen LogP contribution in [0.5, 0.6) is 0 Å². The third kappa shape index (κ3) is 2.45. The van der Waals surface area contributed by atoms with Gasteiger partial charge in [0.2, 0.25) is 0 Å². The Morgan fingerprint density at radius 3 is 2.65 bits per heavy atom. The van der Waals surface area contributed by atoms with Gasteiger partial charge in [0.1, 0.15) is 0 Å². The fourth-order valence-electron chi connectivity index (χ4n) is 2.79. The van der Waals surface area contributed by atoms with E-state index in [0.717, 1.165) is 25.9 Å². The topological polar surface area (TPSA) is 59.2 Å². The molecule has 1 aromatic heterocycles. The van der Waals surface area contributed by atoms with Gasteiger partial charge in [0.05, 0.1) is 0 Å². The van der Waals surface area contributed by atoms with E-state index in [4.69, 9.17) is 4.52 Å². The molecule has 1 aliphatic carbocycles. The summed E-state index contributed by atoms with van der Waals surface area (Å²) in [7, 11) is 0. The van der Waals surface area contributed by atoms with E-state index in [1.807, 2.05) is 4.90 Å². The lowest BCUT2D eigenvalue weighted by Crippen LogP contribution is -2.38. The minimum Gasteiger partial charge on any atom is -0.334 e. The quantitative estimate of drug-likeness (QED) is 0.852. The molecule has 1 aromatic rings. The molecule has 1 saturated heterocycles. The van der Waals surface area contributed by atoms with Crippen molar-refractivity contribution in [2.75, 3.05) is 13.1 Å². The first-order valence-electron chi connectivity index (χ1n) is 7.62. The zero-order valence-electron chi connectivity index (χ0n) is 12.6. The summed E-state index contributed by atoms with van der Waals surface area (Å²) in [6.45, 7) is 8.18. The van der Waals surface area contributed by atoms with Crippen LogP contribution >= 0.6 is 0 Å². The number of aromatic nitrogens is 2. The maximum Gasteiger partial charge on any atom is 0.316 e. The molecule has 5 nitrogen and oxygen atoms in total. The Morgan fingerprint density at radius 1 is 1.40 bits per heavy atom. The van der Waals surface area contributed by atoms with Crippen molar-refractivity contribution in [3.05, 3.63) is 11.7 Å². The van der Waals surface area contributed by atoms with Gasteiger partial charge in [-0.15, -0.1) is 0 Å². The van der Waals surface area contributed by atoms with Gasteiger partial charge in [-0.2, -0.15) is 4.98 Å². The van der Waals surface area contributed by atoms with Crippen molar-refractivity contribution in [2.24, 2.45) is 11.3 Å². The summed E-state index contributed by atoms with van der Waals surface area (Å²) < 4.78 is 5.20. The number of hydrogen-bond acceptors (Lipinski definition) is 4. The Balaban J connectivity index is 1.68. The standard InChI is InChI=1S/C15H23N3O2/c1-10-4-8-18(9-5-10)14(19)13-16-12(17-20-13)11(2)15(3)6-7-15/h10-11H,4-9H2,1-3H3. The summed E-state index contributed by atoms with van der Waals surface area (Å²) in [6, 6.07) is 0. The van der Waals surface area contributed by atoms with Crippen LogP contribution in [-0.4, -0.2) is 34.0 Å². The third-order valence-corrected chi connectivity index (χ3v) is 5.17. The second-order valence-corrected chi connectivity index (χ2v) is 6.81. The molecular weight excluding hydrogens is 254 g/mol. The highest BCUT2D eigenvalue weighted by molar-refractivity contribution is 5.89. The predicted molar refractivity (Wildman–Crippen MR) is 74.4 cm³/mol. The summed E-state index contributed by atoms with van der Waals surface area (Å²) in [4.78, 5) is 18.5. The van der Waals surface area contributed by atoms with Crippen molar-refractivity contribution in [1.82, 2.24) is 15.0 Å². The molecule has 1 unspecified atom stereocenters. The maximum absolute atomic E-state index is 12.3. The van der Waals surface area contributed by atoms with Gasteiger partial charge < -0.3 is 9.42 Å². The van der Waals surface area contributed by atoms with Gasteiger partial charge in [-0.3, -0.25) is 4.79 Å². The Kier molecular flexibility index (Phi) is 3.30. The first-order chi connectivity index (χ1) is 9.49. The molecule has 1 saturated carbocycles. The Morgan fingerprint density at radius 2 is 2.05 bits per heavy atom. The SMILES string of the molecule is CC1CCN(C(=O)c2nc(C(C)C3(C)CC3)no2)CC1. The number of likely N-dealkylation sites (tertiary alicyclic amines) is 1. The molecule has 2 aliphatic rings. The van der Waals surface area contributed by atoms with Crippen LogP contribution in [0.2, 0.25) is 0 Å². The summed E-state index contributed by atoms with van der Waals surface area (Å²) in [5, 5.41) is 4.02. The van der Waals surface area contributed by atoms with E-state index in [9.17, 15) is 4.79 Å². The number of nitrogens with zero attached hydrogens (tertiary/aromatic N) is 3. The molecule has 0 radical (unpaired) electrons. The second kappa shape index (κ2) is 4.86. The summed E-state index contributed by atoms with van der Waals surface area (Å²) in [6.07, 6.45) is 4.52. The average Bonchev–Trinajstić information content (AvgIpc) is 3.02. The van der Waals surface area contributed by atoms with Gasteiger partial charge in [-0.1, -0.05) is 25.9 Å². The van der Waals surface area contributed by atoms with Crippen molar-refractivity contribution in [3.8, 4) is 0 Å². The number of rotatable bonds is 3. The van der Waals surface area contributed by atoms with E-state index in [2.05, 4.69) is 30.9 Å². The van der Waals surface area contributed by atoms with Gasteiger partial charge >= 0.3 is 11.8 Å². The van der Waals surface area contributed by atoms with E-state index < -0.39 is 0 Å². The molecule has 1 atom stereocenters. The lowest BCUT2D eigenvalue weighted by atomic mass is 9.92. The molecule has 2 heterocycles. The highest BCUT2D eigenvalue weighted by Gasteiger charge is 2.45. The number of carbonyl (C=O) groups is 1. The van der Waals surface area contributed by atoms with Crippen LogP contribution in [-0.2, 0) is 0 Å². The zero-order chi connectivity index (χ0) is 14.3. The van der Waals surface area contributed by atoms with E-state index in [1.54, 1.807) is 0 Å². The van der Waals surface area contributed by atoms with Gasteiger partial charge in [-0.25, -0.2) is 0 Å². The summed E-state index contributed by atoms with van der Waals surface area (Å²) in [5.74, 6) is 1.69. The van der Waals surface area contributed by atoms with Crippen LogP contribution in [0.25, 0.3) is 0 Å². The van der Waals surface area contributed by atoms with Gasteiger partial charge in [0, 0.05) is 19.0 Å². The van der Waals surface area contributed by atoms with E-state index in [1.165, 1.54) is 12.8 Å². The van der Waals surface area contributed by atoms with Crippen LogP contribution in [0.15, 0.2) is 4.52 Å². The number of piperidine rings is 1. The Hall–Kier alpha value is -1.39. The molecule has 0 bridgehead atoms. The monoisotopic (exact) mass is 277 g/mol. The van der Waals surface area contributed by atoms with Crippen molar-refractivity contribution in [3.63, 3.8) is 0 Å². The molecule has 0 aromatic carbocycles. The summed E-state index contributed by atoms with van der Waals surface area (Å²) >= 11 is 0. The van der Waals surface area contributed by atoms with Crippen LogP contribution in [0.3, 0.4) is 0 Å². The van der Waals surface area contributed by atoms with Gasteiger partial charge in [-0.05, 0) is 37.0 Å². The molecule has 0 N–H and O–H groups in total. The smallest absolute Gasteiger partial charge is 0.316 e. The molecule has 5 heteroatoms. The molecule has 3 rings (SSSR count). The van der Waals surface area contributed by atoms with Crippen LogP contribution in [0.4, 0.5) is 0 Å². The third-order valence-electron chi connectivity index (χ3n) is 5.17. The normalized spacial score (nSPS) is 23.6. The molecule has 1 amide bonds. The second-order valence-electron chi connectivity index (χ2n) is 6.81. The van der Waals surface area contributed by atoms with Gasteiger partial charge in [0.15, 0.2) is 5.82 Å². The molecule has 0 spiro atoms. The van der Waals surface area contributed by atoms with E-state index in [-0.39, 0.29) is 17.7 Å². The molecule has 1 aliphatic heterocycles.